The zero-order valence-electron chi connectivity index (χ0n) is 8.24. The molecule has 0 saturated carbocycles. The summed E-state index contributed by atoms with van der Waals surface area (Å²) in [6.07, 6.45) is 3.47. The number of rotatable bonds is 5. The van der Waals surface area contributed by atoms with Gasteiger partial charge in [0.25, 0.3) is 0 Å². The van der Waals surface area contributed by atoms with E-state index in [9.17, 15) is 4.57 Å². The van der Waals surface area contributed by atoms with Crippen LogP contribution in [0, 0.1) is 5.63 Å². The van der Waals surface area contributed by atoms with Crippen LogP contribution in [0.2, 0.25) is 0 Å². The van der Waals surface area contributed by atoms with Gasteiger partial charge in [-0.25, -0.2) is 0 Å². The van der Waals surface area contributed by atoms with E-state index in [-0.39, 0.29) is 7.92 Å². The second-order valence-electron chi connectivity index (χ2n) is 2.24. The van der Waals surface area contributed by atoms with Crippen LogP contribution in [0.1, 0.15) is 20.8 Å². The number of hydrogen-bond acceptors (Lipinski definition) is 3. The van der Waals surface area contributed by atoms with Crippen molar-refractivity contribution in [2.75, 3.05) is 13.2 Å². The summed E-state index contributed by atoms with van der Waals surface area (Å²) < 4.78 is 21.1. The molecular formula is C9H15O3P. The molecule has 0 aromatic rings. The van der Waals surface area contributed by atoms with Gasteiger partial charge in [0.15, 0.2) is 0 Å². The molecule has 3 nitrogen and oxygen atoms in total. The quantitative estimate of drug-likeness (QED) is 0.390. The predicted molar refractivity (Wildman–Crippen MR) is 52.3 cm³/mol. The molecule has 13 heavy (non-hydrogen) atoms. The topological polar surface area (TPSA) is 35.5 Å². The molecule has 0 fully saturated rings. The molecule has 0 N–H and O–H groups in total. The van der Waals surface area contributed by atoms with Crippen molar-refractivity contribution in [3.63, 3.8) is 0 Å². The second-order valence-corrected chi connectivity index (χ2v) is 2.64. The van der Waals surface area contributed by atoms with E-state index in [0.29, 0.717) is 13.2 Å². The molecule has 0 heterocycles. The van der Waals surface area contributed by atoms with Crippen LogP contribution in [-0.2, 0) is 14.0 Å². The molecule has 0 aliphatic carbocycles. The minimum atomic E-state index is -1.05. The Hall–Kier alpha value is -0.330. The van der Waals surface area contributed by atoms with Crippen LogP contribution in [0.3, 0.4) is 0 Å². The Morgan fingerprint density at radius 1 is 1.38 bits per heavy atom. The molecule has 0 atom stereocenters. The normalized spacial score (nSPS) is 11.6. The minimum absolute atomic E-state index is 0.218. The standard InChI is InChI=1S/C9H15O3P/c1-4-7-9(8-13-10,11-5-2)12-6-3/h4,7H,5-6H2,1-3H3. The van der Waals surface area contributed by atoms with Gasteiger partial charge in [0.2, 0.25) is 0 Å². The first-order valence-electron chi connectivity index (χ1n) is 4.26. The van der Waals surface area contributed by atoms with Crippen LogP contribution in [0.5, 0.6) is 0 Å². The van der Waals surface area contributed by atoms with Crippen molar-refractivity contribution in [3.05, 3.63) is 12.2 Å². The first kappa shape index (κ1) is 12.7. The molecule has 0 aliphatic heterocycles. The average molecular weight is 202 g/mol. The predicted octanol–water partition coefficient (Wildman–Crippen LogP) is 2.58. The van der Waals surface area contributed by atoms with Crippen LogP contribution in [0.4, 0.5) is 0 Å². The summed E-state index contributed by atoms with van der Waals surface area (Å²) in [7, 11) is -0.218. The maximum atomic E-state index is 10.4. The first-order chi connectivity index (χ1) is 6.24. The van der Waals surface area contributed by atoms with Crippen molar-refractivity contribution >= 4 is 7.92 Å². The molecule has 0 radical (unpaired) electrons. The van der Waals surface area contributed by atoms with Gasteiger partial charge in [0, 0.05) is 0 Å². The second kappa shape index (κ2) is 7.11. The summed E-state index contributed by atoms with van der Waals surface area (Å²) in [4.78, 5) is 0. The van der Waals surface area contributed by atoms with E-state index in [2.05, 4.69) is 5.63 Å². The summed E-state index contributed by atoms with van der Waals surface area (Å²) in [5.41, 5.74) is 2.58. The third-order valence-electron chi connectivity index (χ3n) is 1.31. The SMILES string of the molecule is CC=CC(C#P=O)(OCC)OCC. The average Bonchev–Trinajstić information content (AvgIpc) is 2.06. The van der Waals surface area contributed by atoms with E-state index in [1.807, 2.05) is 20.8 Å². The monoisotopic (exact) mass is 202 g/mol. The van der Waals surface area contributed by atoms with Gasteiger partial charge in [-0.05, 0) is 0 Å². The Labute approximate surface area is 80.2 Å². The van der Waals surface area contributed by atoms with Gasteiger partial charge in [0.05, 0.1) is 0 Å². The van der Waals surface area contributed by atoms with E-state index in [1.54, 1.807) is 12.2 Å². The van der Waals surface area contributed by atoms with E-state index in [1.165, 1.54) is 0 Å². The summed E-state index contributed by atoms with van der Waals surface area (Å²) in [6, 6.07) is 0. The van der Waals surface area contributed by atoms with E-state index in [4.69, 9.17) is 9.47 Å². The zero-order chi connectivity index (χ0) is 10.2. The molecule has 0 saturated heterocycles. The van der Waals surface area contributed by atoms with Gasteiger partial charge in [-0.3, -0.25) is 0 Å². The number of ether oxygens (including phenoxy) is 2. The Morgan fingerprint density at radius 2 is 1.92 bits per heavy atom. The fourth-order valence-electron chi connectivity index (χ4n) is 0.952. The molecule has 74 valence electrons. The van der Waals surface area contributed by atoms with Crippen LogP contribution < -0.4 is 0 Å². The van der Waals surface area contributed by atoms with Gasteiger partial charge in [-0.2, -0.15) is 0 Å². The number of allylic oxidation sites excluding steroid dienone is 1. The van der Waals surface area contributed by atoms with Gasteiger partial charge in [-0.1, -0.05) is 0 Å². The maximum absolute atomic E-state index is 10.4. The molecule has 0 rings (SSSR count). The molecule has 0 unspecified atom stereocenters. The van der Waals surface area contributed by atoms with Crippen molar-refractivity contribution in [1.29, 1.82) is 0 Å². The molecule has 0 bridgehead atoms. The van der Waals surface area contributed by atoms with Crippen molar-refractivity contribution in [2.45, 2.75) is 26.6 Å². The first-order valence-corrected chi connectivity index (χ1v) is 5.07. The van der Waals surface area contributed by atoms with Crippen LogP contribution >= 0.6 is 7.92 Å². The third kappa shape index (κ3) is 4.44. The Bertz CT molecular complexity index is 247. The fraction of sp³-hybridized carbons (Fsp3) is 0.667. The summed E-state index contributed by atoms with van der Waals surface area (Å²) in [5, 5.41) is 0. The van der Waals surface area contributed by atoms with E-state index < -0.39 is 5.79 Å². The zero-order valence-corrected chi connectivity index (χ0v) is 9.14. The van der Waals surface area contributed by atoms with Gasteiger partial charge >= 0.3 is 79.5 Å². The molecule has 0 aliphatic rings. The molecule has 4 heteroatoms. The van der Waals surface area contributed by atoms with Crippen LogP contribution in [0.25, 0.3) is 0 Å². The number of hydrogen-bond donors (Lipinski definition) is 0. The van der Waals surface area contributed by atoms with Gasteiger partial charge in [0.1, 0.15) is 0 Å². The van der Waals surface area contributed by atoms with Crippen LogP contribution in [0.15, 0.2) is 12.2 Å². The molecule has 0 amide bonds. The van der Waals surface area contributed by atoms with E-state index >= 15 is 0 Å². The van der Waals surface area contributed by atoms with Crippen LogP contribution in [-0.4, -0.2) is 19.0 Å². The Kier molecular flexibility index (Phi) is 6.93. The summed E-state index contributed by atoms with van der Waals surface area (Å²) in [6.45, 7) is 6.50. The van der Waals surface area contributed by atoms with Crippen molar-refractivity contribution in [3.8, 4) is 5.63 Å². The Balaban J connectivity index is 4.75. The van der Waals surface area contributed by atoms with Crippen molar-refractivity contribution in [1.82, 2.24) is 0 Å². The Morgan fingerprint density at radius 3 is 2.23 bits per heavy atom. The van der Waals surface area contributed by atoms with Crippen molar-refractivity contribution < 1.29 is 14.0 Å². The van der Waals surface area contributed by atoms with Gasteiger partial charge < -0.3 is 0 Å². The van der Waals surface area contributed by atoms with Gasteiger partial charge in [-0.15, -0.1) is 0 Å². The summed E-state index contributed by atoms with van der Waals surface area (Å²) >= 11 is 0. The summed E-state index contributed by atoms with van der Waals surface area (Å²) in [5.74, 6) is -1.05. The molecule has 0 spiro atoms. The molecule has 0 aromatic heterocycles. The molecular weight excluding hydrogens is 187 g/mol. The third-order valence-corrected chi connectivity index (χ3v) is 1.71. The fourth-order valence-corrected chi connectivity index (χ4v) is 1.28. The van der Waals surface area contributed by atoms with E-state index in [0.717, 1.165) is 0 Å². The molecule has 0 aromatic carbocycles. The van der Waals surface area contributed by atoms with Crippen molar-refractivity contribution in [2.24, 2.45) is 0 Å².